The fourth-order valence-corrected chi connectivity index (χ4v) is 2.79. The minimum absolute atomic E-state index is 0.0583. The quantitative estimate of drug-likeness (QED) is 0.788. The van der Waals surface area contributed by atoms with Gasteiger partial charge in [0.2, 0.25) is 0 Å². The number of alkyl halides is 1. The topological polar surface area (TPSA) is 33.2 Å². The lowest BCUT2D eigenvalue weighted by Gasteiger charge is -2.35. The summed E-state index contributed by atoms with van der Waals surface area (Å²) in [5, 5.41) is 0. The molecule has 1 aliphatic rings. The zero-order chi connectivity index (χ0) is 13.0. The molecule has 1 amide bonds. The Hall–Kier alpha value is -1.09. The van der Waals surface area contributed by atoms with Gasteiger partial charge in [-0.15, -0.1) is 11.6 Å². The van der Waals surface area contributed by atoms with Crippen LogP contribution in [-0.2, 0) is 0 Å². The second-order valence-electron chi connectivity index (χ2n) is 4.79. The summed E-state index contributed by atoms with van der Waals surface area (Å²) in [6, 6.07) is 4.07. The number of likely N-dealkylation sites (tertiary alicyclic amines) is 1. The van der Waals surface area contributed by atoms with Crippen LogP contribution >= 0.6 is 11.6 Å². The molecule has 0 aromatic carbocycles. The van der Waals surface area contributed by atoms with E-state index in [0.29, 0.717) is 11.6 Å². The van der Waals surface area contributed by atoms with E-state index in [1.165, 1.54) is 6.42 Å². The zero-order valence-electron chi connectivity index (χ0n) is 10.7. The number of carbonyl (C=O) groups excluding carboxylic acids is 1. The first-order chi connectivity index (χ1) is 8.74. The van der Waals surface area contributed by atoms with Gasteiger partial charge >= 0.3 is 0 Å². The van der Waals surface area contributed by atoms with E-state index >= 15 is 0 Å². The van der Waals surface area contributed by atoms with Crippen LogP contribution in [-0.4, -0.2) is 34.3 Å². The number of halogens is 1. The fraction of sp³-hybridized carbons (Fsp3) is 0.571. The number of hydrogen-bond acceptors (Lipinski definition) is 2. The van der Waals surface area contributed by atoms with Crippen LogP contribution in [0.2, 0.25) is 0 Å². The minimum atomic E-state index is 0.0583. The predicted octanol–water partition coefficient (Wildman–Crippen LogP) is 3.01. The second-order valence-corrected chi connectivity index (χ2v) is 5.17. The predicted molar refractivity (Wildman–Crippen MR) is 73.0 cm³/mol. The van der Waals surface area contributed by atoms with Crippen molar-refractivity contribution >= 4 is 17.5 Å². The van der Waals surface area contributed by atoms with Crippen molar-refractivity contribution in [3.05, 3.63) is 29.6 Å². The number of piperidine rings is 1. The first-order valence-electron chi connectivity index (χ1n) is 6.52. The van der Waals surface area contributed by atoms with E-state index in [-0.39, 0.29) is 11.9 Å². The molecule has 0 saturated carbocycles. The van der Waals surface area contributed by atoms with Crippen LogP contribution in [0, 0.1) is 6.92 Å². The molecule has 1 saturated heterocycles. The molecule has 2 heterocycles. The Balaban J connectivity index is 2.18. The Morgan fingerprint density at radius 2 is 2.39 bits per heavy atom. The number of nitrogens with zero attached hydrogens (tertiary/aromatic N) is 2. The zero-order valence-corrected chi connectivity index (χ0v) is 11.5. The van der Waals surface area contributed by atoms with E-state index in [1.54, 1.807) is 6.20 Å². The summed E-state index contributed by atoms with van der Waals surface area (Å²) >= 11 is 5.83. The highest BCUT2D eigenvalue weighted by Crippen LogP contribution is 2.22. The number of carbonyl (C=O) groups is 1. The molecule has 98 valence electrons. The average Bonchev–Trinajstić information content (AvgIpc) is 2.40. The fourth-order valence-electron chi connectivity index (χ4n) is 2.54. The Kier molecular flexibility index (Phi) is 4.59. The van der Waals surface area contributed by atoms with Gasteiger partial charge < -0.3 is 4.90 Å². The van der Waals surface area contributed by atoms with Crippen LogP contribution < -0.4 is 0 Å². The SMILES string of the molecule is Cc1cccnc1C(=O)N1CCCCC1CCCl. The molecule has 1 atom stereocenters. The maximum Gasteiger partial charge on any atom is 0.272 e. The van der Waals surface area contributed by atoms with Crippen molar-refractivity contribution in [2.45, 2.75) is 38.6 Å². The Morgan fingerprint density at radius 1 is 1.56 bits per heavy atom. The molecule has 0 spiro atoms. The molecule has 1 aliphatic heterocycles. The third kappa shape index (κ3) is 2.83. The first kappa shape index (κ1) is 13.3. The normalized spacial score (nSPS) is 19.9. The summed E-state index contributed by atoms with van der Waals surface area (Å²) in [7, 11) is 0. The van der Waals surface area contributed by atoms with Crippen LogP contribution in [0.3, 0.4) is 0 Å². The first-order valence-corrected chi connectivity index (χ1v) is 7.06. The highest BCUT2D eigenvalue weighted by Gasteiger charge is 2.28. The molecular formula is C14H19ClN2O. The maximum atomic E-state index is 12.5. The van der Waals surface area contributed by atoms with Crippen molar-refractivity contribution in [1.29, 1.82) is 0 Å². The van der Waals surface area contributed by atoms with E-state index in [1.807, 2.05) is 24.0 Å². The lowest BCUT2D eigenvalue weighted by Crippen LogP contribution is -2.44. The van der Waals surface area contributed by atoms with E-state index in [0.717, 1.165) is 31.4 Å². The van der Waals surface area contributed by atoms with Gasteiger partial charge in [-0.1, -0.05) is 6.07 Å². The van der Waals surface area contributed by atoms with Gasteiger partial charge in [-0.2, -0.15) is 0 Å². The summed E-state index contributed by atoms with van der Waals surface area (Å²) in [5.41, 5.74) is 1.52. The molecule has 1 fully saturated rings. The smallest absolute Gasteiger partial charge is 0.272 e. The molecule has 0 bridgehead atoms. The molecular weight excluding hydrogens is 248 g/mol. The van der Waals surface area contributed by atoms with Crippen LogP contribution in [0.1, 0.15) is 41.7 Å². The molecule has 1 unspecified atom stereocenters. The molecule has 2 rings (SSSR count). The Morgan fingerprint density at radius 3 is 3.11 bits per heavy atom. The van der Waals surface area contributed by atoms with Gasteiger partial charge in [0.15, 0.2) is 0 Å². The van der Waals surface area contributed by atoms with Crippen molar-refractivity contribution in [2.75, 3.05) is 12.4 Å². The number of rotatable bonds is 3. The van der Waals surface area contributed by atoms with Crippen molar-refractivity contribution < 1.29 is 4.79 Å². The minimum Gasteiger partial charge on any atom is -0.334 e. The van der Waals surface area contributed by atoms with Gasteiger partial charge in [0.05, 0.1) is 0 Å². The molecule has 1 aromatic heterocycles. The lowest BCUT2D eigenvalue weighted by atomic mass is 9.99. The van der Waals surface area contributed by atoms with Crippen molar-refractivity contribution in [3.8, 4) is 0 Å². The highest BCUT2D eigenvalue weighted by atomic mass is 35.5. The average molecular weight is 267 g/mol. The summed E-state index contributed by atoms with van der Waals surface area (Å²) in [6.45, 7) is 2.76. The van der Waals surface area contributed by atoms with Gasteiger partial charge in [-0.3, -0.25) is 9.78 Å². The van der Waals surface area contributed by atoms with Gasteiger partial charge in [0, 0.05) is 24.7 Å². The van der Waals surface area contributed by atoms with Crippen LogP contribution in [0.5, 0.6) is 0 Å². The van der Waals surface area contributed by atoms with E-state index in [9.17, 15) is 4.79 Å². The Bertz CT molecular complexity index is 420. The van der Waals surface area contributed by atoms with E-state index < -0.39 is 0 Å². The monoisotopic (exact) mass is 266 g/mol. The van der Waals surface area contributed by atoms with Gasteiger partial charge in [0.1, 0.15) is 5.69 Å². The molecule has 18 heavy (non-hydrogen) atoms. The maximum absolute atomic E-state index is 12.5. The molecule has 0 N–H and O–H groups in total. The number of hydrogen-bond donors (Lipinski definition) is 0. The summed E-state index contributed by atoms with van der Waals surface area (Å²) in [5.74, 6) is 0.665. The lowest BCUT2D eigenvalue weighted by molar-refractivity contribution is 0.0602. The van der Waals surface area contributed by atoms with E-state index in [2.05, 4.69) is 4.98 Å². The number of aryl methyl sites for hydroxylation is 1. The molecule has 4 heteroatoms. The molecule has 3 nitrogen and oxygen atoms in total. The summed E-state index contributed by atoms with van der Waals surface area (Å²) < 4.78 is 0. The van der Waals surface area contributed by atoms with Crippen molar-refractivity contribution in [3.63, 3.8) is 0 Å². The molecule has 0 radical (unpaired) electrons. The molecule has 0 aliphatic carbocycles. The Labute approximate surface area is 113 Å². The van der Waals surface area contributed by atoms with Crippen LogP contribution in [0.15, 0.2) is 18.3 Å². The second kappa shape index (κ2) is 6.19. The van der Waals surface area contributed by atoms with Gasteiger partial charge in [-0.25, -0.2) is 0 Å². The number of aromatic nitrogens is 1. The summed E-state index contributed by atoms with van der Waals surface area (Å²) in [4.78, 5) is 18.7. The third-order valence-corrected chi connectivity index (χ3v) is 3.76. The van der Waals surface area contributed by atoms with Crippen LogP contribution in [0.25, 0.3) is 0 Å². The third-order valence-electron chi connectivity index (χ3n) is 3.54. The van der Waals surface area contributed by atoms with Crippen molar-refractivity contribution in [2.24, 2.45) is 0 Å². The largest absolute Gasteiger partial charge is 0.334 e. The summed E-state index contributed by atoms with van der Waals surface area (Å²) in [6.07, 6.45) is 5.88. The van der Waals surface area contributed by atoms with Gasteiger partial charge in [0.25, 0.3) is 5.91 Å². The van der Waals surface area contributed by atoms with E-state index in [4.69, 9.17) is 11.6 Å². The van der Waals surface area contributed by atoms with Crippen molar-refractivity contribution in [1.82, 2.24) is 9.88 Å². The molecule has 1 aromatic rings. The number of amides is 1. The van der Waals surface area contributed by atoms with Crippen LogP contribution in [0.4, 0.5) is 0 Å². The van der Waals surface area contributed by atoms with Gasteiger partial charge in [-0.05, 0) is 44.2 Å². The number of pyridine rings is 1. The highest BCUT2D eigenvalue weighted by molar-refractivity contribution is 6.17. The standard InChI is InChI=1S/C14H19ClN2O/c1-11-5-4-9-16-13(11)14(18)17-10-3-2-6-12(17)7-8-15/h4-5,9,12H,2-3,6-8,10H2,1H3.